The number of unbranched alkanes of at least 4 members (excludes halogenated alkanes) is 5. The highest BCUT2D eigenvalue weighted by Gasteiger charge is 2.36. The molecule has 0 aromatic carbocycles. The van der Waals surface area contributed by atoms with Gasteiger partial charge < -0.3 is 5.23 Å². The standard InChI is InChI=1S/C31H61B3N/c1-5-6-7-8-13-22-27-31(4,32-29(2)23-18-16-12-17-19-24-29)28-35-34-33-30(3)25-20-14-10-9-11-15-21-26-30/h35H,5-28H2,1-4H3. The predicted molar refractivity (Wildman–Crippen MR) is 162 cm³/mol. The second-order valence-corrected chi connectivity index (χ2v) is 13.6. The van der Waals surface area contributed by atoms with Crippen LogP contribution in [0.15, 0.2) is 0 Å². The minimum Gasteiger partial charge on any atom is -0.368 e. The summed E-state index contributed by atoms with van der Waals surface area (Å²) in [6.45, 7) is 11.1. The smallest absolute Gasteiger partial charge is 0.156 e. The number of hydrogen-bond acceptors (Lipinski definition) is 1. The van der Waals surface area contributed by atoms with E-state index < -0.39 is 0 Å². The molecule has 2 rings (SSSR count). The van der Waals surface area contributed by atoms with Crippen molar-refractivity contribution >= 4 is 21.8 Å². The van der Waals surface area contributed by atoms with E-state index in [1.165, 1.54) is 148 Å². The minimum absolute atomic E-state index is 0.292. The molecule has 35 heavy (non-hydrogen) atoms. The van der Waals surface area contributed by atoms with E-state index in [1.807, 2.05) is 0 Å². The molecule has 0 amide bonds. The van der Waals surface area contributed by atoms with Gasteiger partial charge in [0.05, 0.1) is 7.17 Å². The van der Waals surface area contributed by atoms with Crippen LogP contribution in [-0.4, -0.2) is 28.3 Å². The molecule has 0 aromatic heterocycles. The van der Waals surface area contributed by atoms with E-state index in [2.05, 4.69) is 54.7 Å². The molecule has 0 spiro atoms. The predicted octanol–water partition coefficient (Wildman–Crippen LogP) is 10.1. The van der Waals surface area contributed by atoms with Gasteiger partial charge in [-0.05, 0) is 11.9 Å². The highest BCUT2D eigenvalue weighted by molar-refractivity contribution is 7.00. The van der Waals surface area contributed by atoms with E-state index in [1.54, 1.807) is 0 Å². The van der Waals surface area contributed by atoms with Crippen LogP contribution < -0.4 is 5.23 Å². The van der Waals surface area contributed by atoms with Crippen molar-refractivity contribution in [2.24, 2.45) is 0 Å². The lowest BCUT2D eigenvalue weighted by molar-refractivity contribution is 0.397. The SMILES string of the molecule is CCCCCCCCC(C)([B]C1(C)CCCCCCC1)CN[B][B]C1(C)CCCCCCCCC1. The molecule has 0 aromatic rings. The first-order chi connectivity index (χ1) is 16.9. The van der Waals surface area contributed by atoms with Gasteiger partial charge in [-0.3, -0.25) is 0 Å². The first-order valence-electron chi connectivity index (χ1n) is 16.2. The van der Waals surface area contributed by atoms with Gasteiger partial charge in [0, 0.05) is 0 Å². The van der Waals surface area contributed by atoms with Crippen LogP contribution in [0.4, 0.5) is 0 Å². The molecule has 2 saturated carbocycles. The lowest BCUT2D eigenvalue weighted by atomic mass is 9.31. The van der Waals surface area contributed by atoms with Crippen LogP contribution in [0.25, 0.3) is 0 Å². The zero-order valence-corrected chi connectivity index (χ0v) is 24.7. The van der Waals surface area contributed by atoms with E-state index in [4.69, 9.17) is 0 Å². The van der Waals surface area contributed by atoms with E-state index in [0.717, 1.165) is 6.54 Å². The summed E-state index contributed by atoms with van der Waals surface area (Å²) in [4.78, 5) is 0. The topological polar surface area (TPSA) is 12.0 Å². The van der Waals surface area contributed by atoms with Crippen LogP contribution in [0.5, 0.6) is 0 Å². The lowest BCUT2D eigenvalue weighted by Crippen LogP contribution is -2.41. The third-order valence-electron chi connectivity index (χ3n) is 9.40. The van der Waals surface area contributed by atoms with Crippen LogP contribution in [0.2, 0.25) is 15.9 Å². The maximum atomic E-state index is 3.85. The molecule has 4 heteroatoms. The monoisotopic (exact) mass is 481 g/mol. The Balaban J connectivity index is 1.88. The third kappa shape index (κ3) is 14.0. The molecule has 1 unspecified atom stereocenters. The Kier molecular flexibility index (Phi) is 15.8. The Morgan fingerprint density at radius 1 is 0.629 bits per heavy atom. The Morgan fingerprint density at radius 3 is 1.63 bits per heavy atom. The van der Waals surface area contributed by atoms with Gasteiger partial charge >= 0.3 is 0 Å². The van der Waals surface area contributed by atoms with Gasteiger partial charge in [-0.1, -0.05) is 186 Å². The van der Waals surface area contributed by atoms with Gasteiger partial charge in [0.15, 0.2) is 7.31 Å². The van der Waals surface area contributed by atoms with Crippen molar-refractivity contribution in [3.63, 3.8) is 0 Å². The molecular weight excluding hydrogens is 419 g/mol. The van der Waals surface area contributed by atoms with Crippen molar-refractivity contribution in [1.29, 1.82) is 0 Å². The van der Waals surface area contributed by atoms with Crippen LogP contribution in [-0.2, 0) is 0 Å². The molecule has 2 aliphatic carbocycles. The van der Waals surface area contributed by atoms with Crippen LogP contribution in [0.3, 0.4) is 0 Å². The fourth-order valence-corrected chi connectivity index (χ4v) is 7.00. The molecule has 0 saturated heterocycles. The largest absolute Gasteiger partial charge is 0.368 e. The van der Waals surface area contributed by atoms with Crippen LogP contribution in [0, 0.1) is 0 Å². The molecule has 1 nitrogen and oxygen atoms in total. The Morgan fingerprint density at radius 2 is 1.09 bits per heavy atom. The molecule has 0 heterocycles. The van der Waals surface area contributed by atoms with Gasteiger partial charge in [0.25, 0.3) is 0 Å². The first-order valence-corrected chi connectivity index (χ1v) is 16.2. The van der Waals surface area contributed by atoms with Gasteiger partial charge in [-0.15, -0.1) is 0 Å². The second-order valence-electron chi connectivity index (χ2n) is 13.6. The van der Waals surface area contributed by atoms with Crippen molar-refractivity contribution in [1.82, 2.24) is 5.23 Å². The minimum atomic E-state index is 0.292. The van der Waals surface area contributed by atoms with Gasteiger partial charge in [-0.25, -0.2) is 0 Å². The zero-order valence-electron chi connectivity index (χ0n) is 24.7. The van der Waals surface area contributed by atoms with Crippen molar-refractivity contribution < 1.29 is 0 Å². The van der Waals surface area contributed by atoms with Crippen molar-refractivity contribution in [2.45, 2.75) is 191 Å². The maximum absolute atomic E-state index is 3.85. The maximum Gasteiger partial charge on any atom is 0.156 e. The summed E-state index contributed by atoms with van der Waals surface area (Å²) in [6, 6.07) is 0. The Hall–Kier alpha value is 0.155. The summed E-state index contributed by atoms with van der Waals surface area (Å²) in [5, 5.41) is 4.94. The fourth-order valence-electron chi connectivity index (χ4n) is 7.00. The summed E-state index contributed by atoms with van der Waals surface area (Å²) >= 11 is 0. The van der Waals surface area contributed by atoms with Crippen molar-refractivity contribution in [3.8, 4) is 0 Å². The normalized spacial score (nSPS) is 23.3. The Bertz CT molecular complexity index is 507. The third-order valence-corrected chi connectivity index (χ3v) is 9.40. The lowest BCUT2D eigenvalue weighted by Gasteiger charge is -2.41. The molecule has 0 bridgehead atoms. The molecule has 199 valence electrons. The molecular formula is C31H61B3N. The van der Waals surface area contributed by atoms with Gasteiger partial charge in [-0.2, -0.15) is 0 Å². The molecule has 0 aliphatic heterocycles. The van der Waals surface area contributed by atoms with E-state index in [9.17, 15) is 0 Å². The summed E-state index contributed by atoms with van der Waals surface area (Å²) in [5.74, 6) is 0. The average Bonchev–Trinajstić information content (AvgIpc) is 2.81. The zero-order chi connectivity index (χ0) is 25.3. The molecule has 2 aliphatic rings. The molecule has 2 fully saturated rings. The van der Waals surface area contributed by atoms with Crippen LogP contribution >= 0.6 is 0 Å². The summed E-state index contributed by atoms with van der Waals surface area (Å²) in [6.07, 6.45) is 32.5. The summed E-state index contributed by atoms with van der Waals surface area (Å²) < 4.78 is 0. The fraction of sp³-hybridized carbons (Fsp3) is 1.00. The number of nitrogens with one attached hydrogen (secondary N) is 1. The number of rotatable bonds is 14. The highest BCUT2D eigenvalue weighted by Crippen LogP contribution is 2.47. The molecule has 1 atom stereocenters. The second kappa shape index (κ2) is 17.6. The summed E-state index contributed by atoms with van der Waals surface area (Å²) in [7, 11) is 7.75. The van der Waals surface area contributed by atoms with Gasteiger partial charge in [0.1, 0.15) is 7.28 Å². The molecule has 3 radical (unpaired) electrons. The Labute approximate surface area is 224 Å². The van der Waals surface area contributed by atoms with Crippen LogP contribution in [0.1, 0.15) is 175 Å². The van der Waals surface area contributed by atoms with Gasteiger partial charge in [0.2, 0.25) is 0 Å². The highest BCUT2D eigenvalue weighted by atomic mass is 14.8. The van der Waals surface area contributed by atoms with E-state index in [-0.39, 0.29) is 0 Å². The molecule has 1 N–H and O–H groups in total. The summed E-state index contributed by atoms with van der Waals surface area (Å²) in [5.41, 5.74) is 0. The quantitative estimate of drug-likeness (QED) is 0.193. The van der Waals surface area contributed by atoms with E-state index >= 15 is 0 Å². The average molecular weight is 480 g/mol. The van der Waals surface area contributed by atoms with E-state index in [0.29, 0.717) is 15.9 Å². The number of hydrogen-bond donors (Lipinski definition) is 1. The van der Waals surface area contributed by atoms with Crippen molar-refractivity contribution in [2.75, 3.05) is 6.54 Å². The first kappa shape index (κ1) is 31.4. The van der Waals surface area contributed by atoms with Crippen molar-refractivity contribution in [3.05, 3.63) is 0 Å².